The molecule has 2 heterocycles. The zero-order valence-electron chi connectivity index (χ0n) is 12.1. The van der Waals surface area contributed by atoms with Gasteiger partial charge in [0.25, 0.3) is 5.91 Å². The minimum atomic E-state index is -1.31. The van der Waals surface area contributed by atoms with Crippen LogP contribution in [0.15, 0.2) is 53.3 Å². The highest BCUT2D eigenvalue weighted by Gasteiger charge is 2.25. The third kappa shape index (κ3) is 2.98. The van der Waals surface area contributed by atoms with Gasteiger partial charge in [0.2, 0.25) is 5.88 Å². The lowest BCUT2D eigenvalue weighted by atomic mass is 10.1. The van der Waals surface area contributed by atoms with E-state index in [0.29, 0.717) is 5.56 Å². The molecule has 8 heteroatoms. The molecule has 0 radical (unpaired) electrons. The molecule has 0 spiro atoms. The van der Waals surface area contributed by atoms with E-state index in [4.69, 9.17) is 4.52 Å². The number of carboxylic acids is 1. The molecule has 7 nitrogen and oxygen atoms in total. The Kier molecular flexibility index (Phi) is 4.02. The number of rotatable bonds is 4. The van der Waals surface area contributed by atoms with E-state index in [1.807, 2.05) is 0 Å². The lowest BCUT2D eigenvalue weighted by Gasteiger charge is -2.03. The molecule has 24 heavy (non-hydrogen) atoms. The number of carbonyl (C=O) groups excluding carboxylic acids is 1. The van der Waals surface area contributed by atoms with Crippen molar-refractivity contribution in [3.8, 4) is 11.3 Å². The fourth-order valence-electron chi connectivity index (χ4n) is 2.06. The number of aromatic carboxylic acids is 1. The van der Waals surface area contributed by atoms with Crippen LogP contribution in [0.4, 0.5) is 10.3 Å². The molecule has 0 atom stereocenters. The molecule has 0 aliphatic heterocycles. The van der Waals surface area contributed by atoms with E-state index in [1.54, 1.807) is 12.1 Å². The number of carbonyl (C=O) groups is 2. The largest absolute Gasteiger partial charge is 0.477 e. The van der Waals surface area contributed by atoms with Crippen LogP contribution >= 0.6 is 0 Å². The third-order valence-electron chi connectivity index (χ3n) is 3.19. The van der Waals surface area contributed by atoms with E-state index in [1.165, 1.54) is 24.5 Å². The van der Waals surface area contributed by atoms with Crippen molar-refractivity contribution in [1.82, 2.24) is 10.1 Å². The predicted octanol–water partition coefficient (Wildman–Crippen LogP) is 2.83. The molecule has 2 aromatic heterocycles. The average molecular weight is 327 g/mol. The molecule has 1 aromatic carbocycles. The highest BCUT2D eigenvalue weighted by Crippen LogP contribution is 2.28. The van der Waals surface area contributed by atoms with Gasteiger partial charge in [-0.05, 0) is 36.4 Å². The van der Waals surface area contributed by atoms with Crippen LogP contribution in [-0.2, 0) is 0 Å². The number of amides is 1. The van der Waals surface area contributed by atoms with Crippen molar-refractivity contribution in [2.45, 2.75) is 0 Å². The van der Waals surface area contributed by atoms with Crippen LogP contribution in [-0.4, -0.2) is 27.1 Å². The first-order chi connectivity index (χ1) is 11.6. The Morgan fingerprint density at radius 2 is 1.75 bits per heavy atom. The second-order valence-corrected chi connectivity index (χ2v) is 4.74. The number of nitrogens with one attached hydrogen (secondary N) is 1. The van der Waals surface area contributed by atoms with Gasteiger partial charge in [0, 0.05) is 23.5 Å². The molecule has 0 bridgehead atoms. The van der Waals surface area contributed by atoms with Crippen LogP contribution < -0.4 is 5.32 Å². The Balaban J connectivity index is 1.94. The third-order valence-corrected chi connectivity index (χ3v) is 3.19. The van der Waals surface area contributed by atoms with E-state index in [9.17, 15) is 19.1 Å². The number of nitrogens with zero attached hydrogens (tertiary/aromatic N) is 2. The van der Waals surface area contributed by atoms with Crippen molar-refractivity contribution in [3.05, 3.63) is 65.7 Å². The minimum absolute atomic E-state index is 0.0688. The Morgan fingerprint density at radius 1 is 1.08 bits per heavy atom. The van der Waals surface area contributed by atoms with Crippen molar-refractivity contribution in [2.75, 3.05) is 5.32 Å². The Labute approximate surface area is 134 Å². The normalized spacial score (nSPS) is 10.4. The van der Waals surface area contributed by atoms with Crippen LogP contribution in [0.5, 0.6) is 0 Å². The first kappa shape index (κ1) is 15.3. The van der Waals surface area contributed by atoms with E-state index >= 15 is 0 Å². The van der Waals surface area contributed by atoms with Gasteiger partial charge in [0.05, 0.1) is 0 Å². The van der Waals surface area contributed by atoms with Crippen LogP contribution in [0.2, 0.25) is 0 Å². The quantitative estimate of drug-likeness (QED) is 0.763. The zero-order chi connectivity index (χ0) is 17.1. The standard InChI is InChI=1S/C16H10FN3O4/c17-11-3-1-10(2-4-11)14(21)19-15-12(16(22)23)13(20-24-15)9-5-7-18-8-6-9/h1-8H,(H,19,21)(H,22,23). The van der Waals surface area contributed by atoms with Crippen molar-refractivity contribution >= 4 is 17.8 Å². The number of pyridine rings is 1. The molecular weight excluding hydrogens is 317 g/mol. The van der Waals surface area contributed by atoms with Gasteiger partial charge in [-0.15, -0.1) is 0 Å². The van der Waals surface area contributed by atoms with Crippen molar-refractivity contribution in [3.63, 3.8) is 0 Å². The Hall–Kier alpha value is -3.55. The maximum atomic E-state index is 12.9. The van der Waals surface area contributed by atoms with E-state index in [0.717, 1.165) is 12.1 Å². The van der Waals surface area contributed by atoms with Gasteiger partial charge in [-0.1, -0.05) is 5.16 Å². The van der Waals surface area contributed by atoms with Crippen LogP contribution in [0.1, 0.15) is 20.7 Å². The smallest absolute Gasteiger partial charge is 0.343 e. The first-order valence-corrected chi connectivity index (χ1v) is 6.76. The van der Waals surface area contributed by atoms with E-state index < -0.39 is 17.7 Å². The zero-order valence-corrected chi connectivity index (χ0v) is 12.1. The number of aromatic nitrogens is 2. The molecule has 0 unspecified atom stereocenters. The monoisotopic (exact) mass is 327 g/mol. The van der Waals surface area contributed by atoms with Gasteiger partial charge >= 0.3 is 5.97 Å². The fourth-order valence-corrected chi connectivity index (χ4v) is 2.06. The molecule has 0 saturated heterocycles. The van der Waals surface area contributed by atoms with Crippen molar-refractivity contribution < 1.29 is 23.6 Å². The number of halogens is 1. The summed E-state index contributed by atoms with van der Waals surface area (Å²) in [5.74, 6) is -2.74. The van der Waals surface area contributed by atoms with Gasteiger partial charge in [-0.25, -0.2) is 9.18 Å². The topological polar surface area (TPSA) is 105 Å². The second-order valence-electron chi connectivity index (χ2n) is 4.74. The lowest BCUT2D eigenvalue weighted by molar-refractivity contribution is 0.0698. The van der Waals surface area contributed by atoms with Crippen LogP contribution in [0.3, 0.4) is 0 Å². The molecule has 2 N–H and O–H groups in total. The maximum Gasteiger partial charge on any atom is 0.343 e. The Bertz CT molecular complexity index is 891. The van der Waals surface area contributed by atoms with Crippen molar-refractivity contribution in [2.24, 2.45) is 0 Å². The van der Waals surface area contributed by atoms with Crippen LogP contribution in [0.25, 0.3) is 11.3 Å². The molecule has 3 aromatic rings. The molecule has 0 aliphatic carbocycles. The lowest BCUT2D eigenvalue weighted by Crippen LogP contribution is -2.14. The average Bonchev–Trinajstić information content (AvgIpc) is 3.00. The summed E-state index contributed by atoms with van der Waals surface area (Å²) in [7, 11) is 0. The minimum Gasteiger partial charge on any atom is -0.477 e. The SMILES string of the molecule is O=C(Nc1onc(-c2ccncc2)c1C(=O)O)c1ccc(F)cc1. The molecule has 0 aliphatic rings. The molecular formula is C16H10FN3O4. The number of hydrogen-bond donors (Lipinski definition) is 2. The summed E-state index contributed by atoms with van der Waals surface area (Å²) >= 11 is 0. The summed E-state index contributed by atoms with van der Waals surface area (Å²) in [5, 5.41) is 15.4. The molecule has 120 valence electrons. The highest BCUT2D eigenvalue weighted by molar-refractivity contribution is 6.08. The van der Waals surface area contributed by atoms with Crippen LogP contribution in [0, 0.1) is 5.82 Å². The number of hydrogen-bond acceptors (Lipinski definition) is 5. The second kappa shape index (κ2) is 6.29. The summed E-state index contributed by atoms with van der Waals surface area (Å²) in [4.78, 5) is 27.5. The van der Waals surface area contributed by atoms with Gasteiger partial charge in [0.1, 0.15) is 11.5 Å². The van der Waals surface area contributed by atoms with Gasteiger partial charge in [0.15, 0.2) is 5.56 Å². The Morgan fingerprint density at radius 3 is 2.38 bits per heavy atom. The first-order valence-electron chi connectivity index (χ1n) is 6.76. The molecule has 3 rings (SSSR count). The maximum absolute atomic E-state index is 12.9. The number of benzene rings is 1. The predicted molar refractivity (Wildman–Crippen MR) is 81.0 cm³/mol. The fraction of sp³-hybridized carbons (Fsp3) is 0. The molecule has 0 fully saturated rings. The summed E-state index contributed by atoms with van der Waals surface area (Å²) in [6, 6.07) is 7.91. The number of carboxylic acid groups (broad SMARTS) is 1. The summed E-state index contributed by atoms with van der Waals surface area (Å²) in [5.41, 5.74) is 0.416. The van der Waals surface area contributed by atoms with E-state index in [-0.39, 0.29) is 22.7 Å². The van der Waals surface area contributed by atoms with Crippen molar-refractivity contribution in [1.29, 1.82) is 0 Å². The molecule has 0 saturated carbocycles. The summed E-state index contributed by atoms with van der Waals surface area (Å²) < 4.78 is 17.9. The summed E-state index contributed by atoms with van der Waals surface area (Å²) in [6.07, 6.45) is 2.96. The summed E-state index contributed by atoms with van der Waals surface area (Å²) in [6.45, 7) is 0. The number of anilines is 1. The van der Waals surface area contributed by atoms with Gasteiger partial charge in [-0.2, -0.15) is 0 Å². The van der Waals surface area contributed by atoms with E-state index in [2.05, 4.69) is 15.5 Å². The molecule has 1 amide bonds. The highest BCUT2D eigenvalue weighted by atomic mass is 19.1. The van der Waals surface area contributed by atoms with Gasteiger partial charge in [-0.3, -0.25) is 15.1 Å². The van der Waals surface area contributed by atoms with Gasteiger partial charge < -0.3 is 9.63 Å².